The van der Waals surface area contributed by atoms with E-state index in [0.717, 1.165) is 16.6 Å². The molecule has 1 aromatic carbocycles. The summed E-state index contributed by atoms with van der Waals surface area (Å²) in [5.41, 5.74) is 7.43. The topological polar surface area (TPSA) is 61.8 Å². The first kappa shape index (κ1) is 13.4. The molecule has 96 valence electrons. The highest BCUT2D eigenvalue weighted by molar-refractivity contribution is 9.10. The van der Waals surface area contributed by atoms with E-state index in [1.54, 1.807) is 0 Å². The first-order valence-electron chi connectivity index (χ1n) is 6.41. The maximum Gasteiger partial charge on any atom is 0.103 e. The molecule has 1 fully saturated rings. The van der Waals surface area contributed by atoms with Gasteiger partial charge in [0.05, 0.1) is 11.3 Å². The van der Waals surface area contributed by atoms with Gasteiger partial charge in [0, 0.05) is 10.5 Å². The zero-order valence-corrected chi connectivity index (χ0v) is 11.9. The molecular formula is C14H18BrN3. The zero-order valence-electron chi connectivity index (χ0n) is 10.3. The molecule has 0 spiro atoms. The summed E-state index contributed by atoms with van der Waals surface area (Å²) in [7, 11) is 0. The van der Waals surface area contributed by atoms with Gasteiger partial charge in [-0.1, -0.05) is 18.9 Å². The lowest BCUT2D eigenvalue weighted by molar-refractivity contribution is 0.332. The van der Waals surface area contributed by atoms with Gasteiger partial charge in [-0.25, -0.2) is 0 Å². The second-order valence-corrected chi connectivity index (χ2v) is 5.66. The van der Waals surface area contributed by atoms with Crippen molar-refractivity contribution in [3.05, 3.63) is 28.2 Å². The van der Waals surface area contributed by atoms with E-state index >= 15 is 0 Å². The number of halogens is 1. The highest BCUT2D eigenvalue weighted by Crippen LogP contribution is 2.30. The number of anilines is 1. The summed E-state index contributed by atoms with van der Waals surface area (Å²) in [4.78, 5) is 0. The summed E-state index contributed by atoms with van der Waals surface area (Å²) in [6, 6.07) is 8.45. The van der Waals surface area contributed by atoms with Gasteiger partial charge in [-0.15, -0.1) is 0 Å². The molecular weight excluding hydrogens is 290 g/mol. The van der Waals surface area contributed by atoms with Crippen LogP contribution >= 0.6 is 15.9 Å². The smallest absolute Gasteiger partial charge is 0.103 e. The number of nitrogens with two attached hydrogens (primary N) is 1. The molecule has 0 radical (unpaired) electrons. The molecule has 2 atom stereocenters. The summed E-state index contributed by atoms with van der Waals surface area (Å²) in [5.74, 6) is 0.518. The van der Waals surface area contributed by atoms with Gasteiger partial charge in [-0.05, 0) is 53.4 Å². The van der Waals surface area contributed by atoms with Gasteiger partial charge < -0.3 is 11.1 Å². The second kappa shape index (κ2) is 6.21. The molecule has 3 N–H and O–H groups in total. The van der Waals surface area contributed by atoms with E-state index in [0.29, 0.717) is 24.1 Å². The first-order valence-corrected chi connectivity index (χ1v) is 7.20. The van der Waals surface area contributed by atoms with Crippen LogP contribution in [0.5, 0.6) is 0 Å². The van der Waals surface area contributed by atoms with Crippen LogP contribution < -0.4 is 11.1 Å². The van der Waals surface area contributed by atoms with Crippen LogP contribution in [-0.4, -0.2) is 12.6 Å². The van der Waals surface area contributed by atoms with Crippen molar-refractivity contribution in [1.82, 2.24) is 0 Å². The summed E-state index contributed by atoms with van der Waals surface area (Å²) >= 11 is 3.42. The Hall–Kier alpha value is -1.05. The molecule has 0 saturated heterocycles. The molecule has 3 nitrogen and oxygen atoms in total. The Morgan fingerprint density at radius 3 is 2.89 bits per heavy atom. The van der Waals surface area contributed by atoms with Gasteiger partial charge >= 0.3 is 0 Å². The number of nitrogens with one attached hydrogen (secondary N) is 1. The number of hydrogen-bond acceptors (Lipinski definition) is 3. The van der Waals surface area contributed by atoms with E-state index in [1.165, 1.54) is 19.3 Å². The Morgan fingerprint density at radius 2 is 2.17 bits per heavy atom. The molecule has 1 aromatic rings. The van der Waals surface area contributed by atoms with Crippen LogP contribution in [0.1, 0.15) is 31.2 Å². The first-order chi connectivity index (χ1) is 8.76. The summed E-state index contributed by atoms with van der Waals surface area (Å²) in [5, 5.41) is 12.7. The van der Waals surface area contributed by atoms with Crippen LogP contribution in [0.15, 0.2) is 22.7 Å². The molecule has 18 heavy (non-hydrogen) atoms. The van der Waals surface area contributed by atoms with Gasteiger partial charge in [-0.3, -0.25) is 0 Å². The van der Waals surface area contributed by atoms with Gasteiger partial charge in [0.2, 0.25) is 0 Å². The Labute approximate surface area is 116 Å². The minimum atomic E-state index is 0.394. The third-order valence-electron chi connectivity index (χ3n) is 3.68. The molecule has 4 heteroatoms. The molecule has 2 unspecified atom stereocenters. The number of nitrogens with zero attached hydrogens (tertiary/aromatic N) is 1. The van der Waals surface area contributed by atoms with E-state index in [2.05, 4.69) is 27.3 Å². The largest absolute Gasteiger partial charge is 0.381 e. The van der Waals surface area contributed by atoms with Crippen molar-refractivity contribution in [3.8, 4) is 6.07 Å². The number of nitriles is 1. The maximum atomic E-state index is 9.21. The van der Waals surface area contributed by atoms with Crippen LogP contribution in [0.2, 0.25) is 0 Å². The molecule has 1 aliphatic carbocycles. The minimum absolute atomic E-state index is 0.394. The van der Waals surface area contributed by atoms with Crippen molar-refractivity contribution in [2.24, 2.45) is 11.7 Å². The van der Waals surface area contributed by atoms with Crippen LogP contribution in [-0.2, 0) is 0 Å². The van der Waals surface area contributed by atoms with E-state index in [1.807, 2.05) is 18.2 Å². The Morgan fingerprint density at radius 1 is 1.39 bits per heavy atom. The fourth-order valence-electron chi connectivity index (χ4n) is 2.64. The third kappa shape index (κ3) is 2.85. The number of hydrogen-bond donors (Lipinski definition) is 2. The van der Waals surface area contributed by atoms with Crippen molar-refractivity contribution in [1.29, 1.82) is 5.26 Å². The molecule has 2 rings (SSSR count). The lowest BCUT2D eigenvalue weighted by Gasteiger charge is -2.32. The van der Waals surface area contributed by atoms with Crippen LogP contribution in [0.25, 0.3) is 0 Å². The molecule has 0 bridgehead atoms. The molecule has 1 aliphatic rings. The Bertz CT molecular complexity index is 453. The molecule has 0 aliphatic heterocycles. The normalized spacial score (nSPS) is 23.4. The quantitative estimate of drug-likeness (QED) is 0.901. The predicted octanol–water partition coefficient (Wildman–Crippen LogP) is 3.25. The predicted molar refractivity (Wildman–Crippen MR) is 77.3 cm³/mol. The molecule has 0 aromatic heterocycles. The fraction of sp³-hybridized carbons (Fsp3) is 0.500. The van der Waals surface area contributed by atoms with Crippen molar-refractivity contribution >= 4 is 21.6 Å². The molecule has 0 amide bonds. The van der Waals surface area contributed by atoms with Gasteiger partial charge in [-0.2, -0.15) is 5.26 Å². The van der Waals surface area contributed by atoms with E-state index < -0.39 is 0 Å². The Balaban J connectivity index is 2.18. The van der Waals surface area contributed by atoms with E-state index in [4.69, 9.17) is 5.73 Å². The zero-order chi connectivity index (χ0) is 13.0. The van der Waals surface area contributed by atoms with Crippen LogP contribution in [0.3, 0.4) is 0 Å². The van der Waals surface area contributed by atoms with Gasteiger partial charge in [0.1, 0.15) is 6.07 Å². The Kier molecular flexibility index (Phi) is 4.62. The average molecular weight is 308 g/mol. The van der Waals surface area contributed by atoms with Crippen LogP contribution in [0, 0.1) is 17.2 Å². The highest BCUT2D eigenvalue weighted by Gasteiger charge is 2.24. The maximum absolute atomic E-state index is 9.21. The minimum Gasteiger partial charge on any atom is -0.381 e. The molecule has 0 heterocycles. The third-order valence-corrected chi connectivity index (χ3v) is 4.34. The highest BCUT2D eigenvalue weighted by atomic mass is 79.9. The standard InChI is InChI=1S/C14H18BrN3/c15-12-5-3-7-14(11(12)9-17)18-13-6-2-1-4-10(13)8-16/h3,5,7,10,13,18H,1-2,4,6,8,16H2. The van der Waals surface area contributed by atoms with Gasteiger partial charge in [0.15, 0.2) is 0 Å². The van der Waals surface area contributed by atoms with Crippen molar-refractivity contribution in [2.45, 2.75) is 31.7 Å². The van der Waals surface area contributed by atoms with Crippen molar-refractivity contribution in [2.75, 3.05) is 11.9 Å². The van der Waals surface area contributed by atoms with E-state index in [-0.39, 0.29) is 0 Å². The summed E-state index contributed by atoms with van der Waals surface area (Å²) < 4.78 is 0.843. The molecule has 1 saturated carbocycles. The summed E-state index contributed by atoms with van der Waals surface area (Å²) in [6.45, 7) is 0.716. The lowest BCUT2D eigenvalue weighted by Crippen LogP contribution is -2.36. The SMILES string of the molecule is N#Cc1c(Br)cccc1NC1CCCCC1CN. The second-order valence-electron chi connectivity index (χ2n) is 4.81. The van der Waals surface area contributed by atoms with Crippen LogP contribution in [0.4, 0.5) is 5.69 Å². The van der Waals surface area contributed by atoms with E-state index in [9.17, 15) is 5.26 Å². The lowest BCUT2D eigenvalue weighted by atomic mass is 9.84. The van der Waals surface area contributed by atoms with Crippen molar-refractivity contribution in [3.63, 3.8) is 0 Å². The fourth-order valence-corrected chi connectivity index (χ4v) is 3.09. The number of rotatable bonds is 3. The monoisotopic (exact) mass is 307 g/mol. The van der Waals surface area contributed by atoms with Gasteiger partial charge in [0.25, 0.3) is 0 Å². The van der Waals surface area contributed by atoms with Crippen molar-refractivity contribution < 1.29 is 0 Å². The number of benzene rings is 1. The average Bonchev–Trinajstić information content (AvgIpc) is 2.40. The summed E-state index contributed by atoms with van der Waals surface area (Å²) in [6.07, 6.45) is 4.83.